The number of hydrogen-bond acceptors (Lipinski definition) is 2. The molecule has 0 aromatic rings. The molecule has 0 radical (unpaired) electrons. The van der Waals surface area contributed by atoms with E-state index in [0.717, 1.165) is 32.0 Å². The van der Waals surface area contributed by atoms with Crippen molar-refractivity contribution in [3.63, 3.8) is 0 Å². The molecular formula is C14H22O2. The minimum absolute atomic E-state index is 0.210. The average Bonchev–Trinajstić information content (AvgIpc) is 2.66. The van der Waals surface area contributed by atoms with Gasteiger partial charge in [0.2, 0.25) is 0 Å². The fourth-order valence-electron chi connectivity index (χ4n) is 3.79. The molecule has 2 fully saturated rings. The molecule has 0 aromatic heterocycles. The highest BCUT2D eigenvalue weighted by atomic mass is 16.7. The van der Waals surface area contributed by atoms with Crippen LogP contribution < -0.4 is 0 Å². The molecule has 1 saturated heterocycles. The van der Waals surface area contributed by atoms with Crippen LogP contribution in [0.25, 0.3) is 0 Å². The van der Waals surface area contributed by atoms with Gasteiger partial charge in [0.1, 0.15) is 0 Å². The minimum Gasteiger partial charge on any atom is -0.347 e. The highest BCUT2D eigenvalue weighted by molar-refractivity contribution is 5.09. The number of fused-ring (bicyclic) bond motifs is 2. The highest BCUT2D eigenvalue weighted by Crippen LogP contribution is 2.47. The second-order valence-electron chi connectivity index (χ2n) is 5.61. The molecule has 1 spiro atoms. The Morgan fingerprint density at radius 3 is 2.88 bits per heavy atom. The molecule has 90 valence electrons. The minimum atomic E-state index is -0.210. The standard InChI is InChI=1S/C14H22O2/c1-11-5-6-13-12(10-11)4-2-3-7-14(13)15-8-9-16-14/h5,12-13H,2-4,6-10H2,1H3. The highest BCUT2D eigenvalue weighted by Gasteiger charge is 2.48. The lowest BCUT2D eigenvalue weighted by Crippen LogP contribution is -2.42. The van der Waals surface area contributed by atoms with Gasteiger partial charge in [-0.15, -0.1) is 0 Å². The van der Waals surface area contributed by atoms with Gasteiger partial charge < -0.3 is 9.47 Å². The summed E-state index contributed by atoms with van der Waals surface area (Å²) in [7, 11) is 0. The van der Waals surface area contributed by atoms with Crippen LogP contribution >= 0.6 is 0 Å². The van der Waals surface area contributed by atoms with Gasteiger partial charge in [0, 0.05) is 12.3 Å². The van der Waals surface area contributed by atoms with Crippen molar-refractivity contribution in [2.75, 3.05) is 13.2 Å². The predicted octanol–water partition coefficient (Wildman–Crippen LogP) is 3.28. The monoisotopic (exact) mass is 222 g/mol. The summed E-state index contributed by atoms with van der Waals surface area (Å²) < 4.78 is 12.0. The zero-order chi connectivity index (χ0) is 11.0. The van der Waals surface area contributed by atoms with E-state index in [-0.39, 0.29) is 5.79 Å². The van der Waals surface area contributed by atoms with Crippen LogP contribution in [0, 0.1) is 11.8 Å². The van der Waals surface area contributed by atoms with Crippen LogP contribution in [0.4, 0.5) is 0 Å². The van der Waals surface area contributed by atoms with Gasteiger partial charge in [-0.05, 0) is 38.5 Å². The molecule has 2 aliphatic carbocycles. The molecular weight excluding hydrogens is 200 g/mol. The van der Waals surface area contributed by atoms with E-state index < -0.39 is 0 Å². The zero-order valence-corrected chi connectivity index (χ0v) is 10.2. The Bertz CT molecular complexity index is 289. The molecule has 3 rings (SSSR count). The second-order valence-corrected chi connectivity index (χ2v) is 5.61. The van der Waals surface area contributed by atoms with E-state index in [9.17, 15) is 0 Å². The molecule has 16 heavy (non-hydrogen) atoms. The Kier molecular flexibility index (Phi) is 2.80. The number of hydrogen-bond donors (Lipinski definition) is 0. The van der Waals surface area contributed by atoms with Crippen molar-refractivity contribution < 1.29 is 9.47 Å². The number of allylic oxidation sites excluding steroid dienone is 2. The van der Waals surface area contributed by atoms with Crippen molar-refractivity contribution in [1.29, 1.82) is 0 Å². The van der Waals surface area contributed by atoms with Gasteiger partial charge in [-0.3, -0.25) is 0 Å². The topological polar surface area (TPSA) is 18.5 Å². The van der Waals surface area contributed by atoms with Gasteiger partial charge in [0.05, 0.1) is 13.2 Å². The molecule has 1 heterocycles. The maximum Gasteiger partial charge on any atom is 0.171 e. The van der Waals surface area contributed by atoms with E-state index in [4.69, 9.17) is 9.47 Å². The van der Waals surface area contributed by atoms with Crippen molar-refractivity contribution >= 4 is 0 Å². The molecule has 3 aliphatic rings. The summed E-state index contributed by atoms with van der Waals surface area (Å²) in [6, 6.07) is 0. The SMILES string of the molecule is CC1=CCC2C(CCCCC23OCCO3)C1. The molecule has 0 aromatic carbocycles. The number of ether oxygens (including phenoxy) is 2. The molecule has 2 nitrogen and oxygen atoms in total. The Balaban J connectivity index is 1.87. The summed E-state index contributed by atoms with van der Waals surface area (Å²) in [5, 5.41) is 0. The Morgan fingerprint density at radius 1 is 1.25 bits per heavy atom. The molecule has 0 bridgehead atoms. The quantitative estimate of drug-likeness (QED) is 0.586. The second kappa shape index (κ2) is 4.15. The van der Waals surface area contributed by atoms with E-state index in [1.165, 1.54) is 25.7 Å². The molecule has 2 heteroatoms. The fraction of sp³-hybridized carbons (Fsp3) is 0.857. The lowest BCUT2D eigenvalue weighted by atomic mass is 9.74. The van der Waals surface area contributed by atoms with Gasteiger partial charge in [-0.2, -0.15) is 0 Å². The fourth-order valence-corrected chi connectivity index (χ4v) is 3.79. The maximum absolute atomic E-state index is 6.01. The van der Waals surface area contributed by atoms with Crippen LogP contribution in [0.15, 0.2) is 11.6 Å². The maximum atomic E-state index is 6.01. The zero-order valence-electron chi connectivity index (χ0n) is 10.2. The number of rotatable bonds is 0. The summed E-state index contributed by atoms with van der Waals surface area (Å²) in [4.78, 5) is 0. The van der Waals surface area contributed by atoms with E-state index in [1.807, 2.05) is 0 Å². The van der Waals surface area contributed by atoms with Crippen LogP contribution in [0.2, 0.25) is 0 Å². The van der Waals surface area contributed by atoms with Gasteiger partial charge in [0.25, 0.3) is 0 Å². The normalized spacial score (nSPS) is 37.9. The van der Waals surface area contributed by atoms with Gasteiger partial charge >= 0.3 is 0 Å². The third-order valence-corrected chi connectivity index (χ3v) is 4.56. The molecule has 0 N–H and O–H groups in total. The van der Waals surface area contributed by atoms with Crippen molar-refractivity contribution in [2.45, 2.75) is 51.2 Å². The van der Waals surface area contributed by atoms with Crippen LogP contribution in [0.1, 0.15) is 45.4 Å². The first-order chi connectivity index (χ1) is 7.80. The van der Waals surface area contributed by atoms with Crippen LogP contribution in [0.3, 0.4) is 0 Å². The van der Waals surface area contributed by atoms with Crippen LogP contribution in [-0.4, -0.2) is 19.0 Å². The summed E-state index contributed by atoms with van der Waals surface area (Å²) in [6.45, 7) is 3.86. The van der Waals surface area contributed by atoms with Crippen molar-refractivity contribution in [3.05, 3.63) is 11.6 Å². The first kappa shape index (κ1) is 10.8. The Morgan fingerprint density at radius 2 is 2.06 bits per heavy atom. The third kappa shape index (κ3) is 1.72. The predicted molar refractivity (Wildman–Crippen MR) is 63.1 cm³/mol. The van der Waals surface area contributed by atoms with Gasteiger partial charge in [0.15, 0.2) is 5.79 Å². The first-order valence-corrected chi connectivity index (χ1v) is 6.74. The lowest BCUT2D eigenvalue weighted by Gasteiger charge is -2.40. The van der Waals surface area contributed by atoms with Crippen LogP contribution in [0.5, 0.6) is 0 Å². The largest absolute Gasteiger partial charge is 0.347 e. The molecule has 1 saturated carbocycles. The van der Waals surface area contributed by atoms with E-state index in [2.05, 4.69) is 13.0 Å². The first-order valence-electron chi connectivity index (χ1n) is 6.74. The molecule has 0 amide bonds. The van der Waals surface area contributed by atoms with E-state index >= 15 is 0 Å². The Hall–Kier alpha value is -0.340. The molecule has 1 aliphatic heterocycles. The summed E-state index contributed by atoms with van der Waals surface area (Å²) in [5.74, 6) is 1.20. The van der Waals surface area contributed by atoms with Crippen LogP contribution in [-0.2, 0) is 9.47 Å². The van der Waals surface area contributed by atoms with Crippen molar-refractivity contribution in [1.82, 2.24) is 0 Å². The van der Waals surface area contributed by atoms with E-state index in [1.54, 1.807) is 5.57 Å². The summed E-state index contributed by atoms with van der Waals surface area (Å²) >= 11 is 0. The smallest absolute Gasteiger partial charge is 0.171 e. The lowest BCUT2D eigenvalue weighted by molar-refractivity contribution is -0.208. The summed E-state index contributed by atoms with van der Waals surface area (Å²) in [6.07, 6.45) is 9.93. The third-order valence-electron chi connectivity index (χ3n) is 4.56. The molecule has 2 unspecified atom stereocenters. The average molecular weight is 222 g/mol. The summed E-state index contributed by atoms with van der Waals surface area (Å²) in [5.41, 5.74) is 1.57. The Labute approximate surface area is 98.0 Å². The van der Waals surface area contributed by atoms with Crippen molar-refractivity contribution in [2.24, 2.45) is 11.8 Å². The molecule has 2 atom stereocenters. The van der Waals surface area contributed by atoms with Gasteiger partial charge in [-0.1, -0.05) is 18.1 Å². The van der Waals surface area contributed by atoms with Gasteiger partial charge in [-0.25, -0.2) is 0 Å². The van der Waals surface area contributed by atoms with E-state index in [0.29, 0.717) is 5.92 Å². The van der Waals surface area contributed by atoms with Crippen molar-refractivity contribution in [3.8, 4) is 0 Å².